The van der Waals surface area contributed by atoms with E-state index in [1.807, 2.05) is 11.3 Å². The zero-order valence-electron chi connectivity index (χ0n) is 13.4. The van der Waals surface area contributed by atoms with E-state index in [1.54, 1.807) is 0 Å². The lowest BCUT2D eigenvalue weighted by Gasteiger charge is -2.37. The van der Waals surface area contributed by atoms with Crippen molar-refractivity contribution in [2.45, 2.75) is 39.9 Å². The maximum atomic E-state index is 3.52. The van der Waals surface area contributed by atoms with Gasteiger partial charge in [0, 0.05) is 48.5 Å². The molecule has 0 aliphatic carbocycles. The third kappa shape index (κ3) is 4.85. The van der Waals surface area contributed by atoms with E-state index >= 15 is 0 Å². The number of likely N-dealkylation sites (N-methyl/N-ethyl adjacent to an activating group) is 1. The van der Waals surface area contributed by atoms with Crippen LogP contribution in [0.15, 0.2) is 12.1 Å². The third-order valence-electron chi connectivity index (χ3n) is 3.90. The number of rotatable bonds is 6. The van der Waals surface area contributed by atoms with Crippen molar-refractivity contribution in [2.24, 2.45) is 5.92 Å². The van der Waals surface area contributed by atoms with Crippen LogP contribution in [0.4, 0.5) is 0 Å². The molecule has 0 aromatic carbocycles. The summed E-state index contributed by atoms with van der Waals surface area (Å²) in [4.78, 5) is 8.00. The lowest BCUT2D eigenvalue weighted by atomic mass is 10.2. The molecule has 1 atom stereocenters. The molecule has 0 amide bonds. The van der Waals surface area contributed by atoms with E-state index in [-0.39, 0.29) is 0 Å². The molecule has 1 N–H and O–H groups in total. The summed E-state index contributed by atoms with van der Waals surface area (Å²) in [6.45, 7) is 13.6. The van der Waals surface area contributed by atoms with Crippen molar-refractivity contribution >= 4 is 11.3 Å². The molecule has 1 unspecified atom stereocenters. The molecule has 2 heterocycles. The number of hydrogen-bond acceptors (Lipinski definition) is 4. The molecule has 0 saturated carbocycles. The summed E-state index contributed by atoms with van der Waals surface area (Å²) in [5.41, 5.74) is 0. The molecule has 1 saturated heterocycles. The summed E-state index contributed by atoms with van der Waals surface area (Å²) in [6, 6.07) is 5.26. The Morgan fingerprint density at radius 3 is 2.75 bits per heavy atom. The lowest BCUT2D eigenvalue weighted by Crippen LogP contribution is -2.49. The molecule has 0 radical (unpaired) electrons. The highest BCUT2D eigenvalue weighted by atomic mass is 32.1. The van der Waals surface area contributed by atoms with E-state index in [2.05, 4.69) is 55.1 Å². The highest BCUT2D eigenvalue weighted by molar-refractivity contribution is 7.11. The van der Waals surface area contributed by atoms with Crippen LogP contribution in [0.25, 0.3) is 0 Å². The van der Waals surface area contributed by atoms with Gasteiger partial charge in [0.05, 0.1) is 0 Å². The van der Waals surface area contributed by atoms with Crippen molar-refractivity contribution < 1.29 is 0 Å². The van der Waals surface area contributed by atoms with Gasteiger partial charge in [-0.25, -0.2) is 0 Å². The van der Waals surface area contributed by atoms with Gasteiger partial charge >= 0.3 is 0 Å². The number of nitrogens with zero attached hydrogens (tertiary/aromatic N) is 2. The topological polar surface area (TPSA) is 18.5 Å². The van der Waals surface area contributed by atoms with Crippen LogP contribution in [-0.2, 0) is 13.1 Å². The normalized spacial score (nSPS) is 21.8. The Morgan fingerprint density at radius 2 is 2.05 bits per heavy atom. The number of nitrogens with one attached hydrogen (secondary N) is 1. The maximum absolute atomic E-state index is 3.52. The zero-order valence-corrected chi connectivity index (χ0v) is 14.2. The molecule has 4 heteroatoms. The monoisotopic (exact) mass is 295 g/mol. The molecule has 3 nitrogen and oxygen atoms in total. The van der Waals surface area contributed by atoms with Gasteiger partial charge in [-0.2, -0.15) is 0 Å². The average Bonchev–Trinajstić information content (AvgIpc) is 2.80. The smallest absolute Gasteiger partial charge is 0.0331 e. The SMILES string of the molecule is CC(C)CNCc1ccc(CN2CCN(C)CC2C)s1. The molecule has 2 rings (SSSR count). The van der Waals surface area contributed by atoms with Crippen molar-refractivity contribution in [1.82, 2.24) is 15.1 Å². The van der Waals surface area contributed by atoms with E-state index < -0.39 is 0 Å². The van der Waals surface area contributed by atoms with Gasteiger partial charge in [0.2, 0.25) is 0 Å². The molecule has 0 bridgehead atoms. The average molecular weight is 295 g/mol. The van der Waals surface area contributed by atoms with Crippen LogP contribution in [-0.4, -0.2) is 49.1 Å². The van der Waals surface area contributed by atoms with Gasteiger partial charge in [0.1, 0.15) is 0 Å². The van der Waals surface area contributed by atoms with Gasteiger partial charge in [-0.3, -0.25) is 4.90 Å². The summed E-state index contributed by atoms with van der Waals surface area (Å²) in [7, 11) is 2.22. The van der Waals surface area contributed by atoms with Crippen molar-refractivity contribution in [3.63, 3.8) is 0 Å². The molecular weight excluding hydrogens is 266 g/mol. The van der Waals surface area contributed by atoms with E-state index in [1.165, 1.54) is 29.4 Å². The number of hydrogen-bond donors (Lipinski definition) is 1. The second-order valence-electron chi connectivity index (χ2n) is 6.47. The summed E-state index contributed by atoms with van der Waals surface area (Å²) in [5, 5.41) is 3.52. The van der Waals surface area contributed by atoms with Crippen LogP contribution in [0.3, 0.4) is 0 Å². The van der Waals surface area contributed by atoms with E-state index in [9.17, 15) is 0 Å². The van der Waals surface area contributed by atoms with Crippen molar-refractivity contribution in [2.75, 3.05) is 33.2 Å². The van der Waals surface area contributed by atoms with Crippen LogP contribution in [0.1, 0.15) is 30.5 Å². The van der Waals surface area contributed by atoms with Gasteiger partial charge in [0.25, 0.3) is 0 Å². The highest BCUT2D eigenvalue weighted by Crippen LogP contribution is 2.20. The van der Waals surface area contributed by atoms with Crippen LogP contribution >= 0.6 is 11.3 Å². The first-order valence-electron chi connectivity index (χ1n) is 7.75. The minimum absolute atomic E-state index is 0.665. The Labute approximate surface area is 128 Å². The van der Waals surface area contributed by atoms with Crippen molar-refractivity contribution in [1.29, 1.82) is 0 Å². The number of piperazine rings is 1. The first-order chi connectivity index (χ1) is 9.54. The first-order valence-corrected chi connectivity index (χ1v) is 8.57. The Bertz CT molecular complexity index is 402. The molecule has 1 aliphatic rings. The van der Waals surface area contributed by atoms with Crippen LogP contribution in [0.2, 0.25) is 0 Å². The third-order valence-corrected chi connectivity index (χ3v) is 4.97. The quantitative estimate of drug-likeness (QED) is 0.870. The predicted molar refractivity (Wildman–Crippen MR) is 88.2 cm³/mol. The van der Waals surface area contributed by atoms with Crippen molar-refractivity contribution in [3.05, 3.63) is 21.9 Å². The van der Waals surface area contributed by atoms with Gasteiger partial charge in [-0.05, 0) is 38.6 Å². The van der Waals surface area contributed by atoms with Gasteiger partial charge in [-0.1, -0.05) is 13.8 Å². The maximum Gasteiger partial charge on any atom is 0.0331 e. The fourth-order valence-corrected chi connectivity index (χ4v) is 3.71. The minimum Gasteiger partial charge on any atom is -0.312 e. The Hall–Kier alpha value is -0.420. The fraction of sp³-hybridized carbons (Fsp3) is 0.750. The molecule has 114 valence electrons. The largest absolute Gasteiger partial charge is 0.312 e. The fourth-order valence-electron chi connectivity index (χ4n) is 2.70. The Balaban J connectivity index is 1.80. The second kappa shape index (κ2) is 7.55. The zero-order chi connectivity index (χ0) is 14.5. The molecule has 1 aromatic rings. The molecule has 1 aromatic heterocycles. The van der Waals surface area contributed by atoms with Crippen LogP contribution in [0, 0.1) is 5.92 Å². The molecule has 20 heavy (non-hydrogen) atoms. The molecule has 0 spiro atoms. The summed E-state index contributed by atoms with van der Waals surface area (Å²) in [6.07, 6.45) is 0. The second-order valence-corrected chi connectivity index (χ2v) is 7.73. The predicted octanol–water partition coefficient (Wildman–Crippen LogP) is 2.63. The van der Waals surface area contributed by atoms with Crippen molar-refractivity contribution in [3.8, 4) is 0 Å². The summed E-state index contributed by atoms with van der Waals surface area (Å²) in [5.74, 6) is 0.723. The van der Waals surface area contributed by atoms with E-state index in [4.69, 9.17) is 0 Å². The lowest BCUT2D eigenvalue weighted by molar-refractivity contribution is 0.0947. The molecule has 1 fully saturated rings. The Kier molecular flexibility index (Phi) is 6.02. The first kappa shape index (κ1) is 16.0. The highest BCUT2D eigenvalue weighted by Gasteiger charge is 2.21. The summed E-state index contributed by atoms with van der Waals surface area (Å²) < 4.78 is 0. The van der Waals surface area contributed by atoms with Gasteiger partial charge in [0.15, 0.2) is 0 Å². The molecular formula is C16H29N3S. The minimum atomic E-state index is 0.665. The van der Waals surface area contributed by atoms with Crippen LogP contribution in [0.5, 0.6) is 0 Å². The standard InChI is InChI=1S/C16H29N3S/c1-13(2)9-17-10-15-5-6-16(20-15)12-19-8-7-18(4)11-14(19)3/h5-6,13-14,17H,7-12H2,1-4H3. The van der Waals surface area contributed by atoms with E-state index in [0.717, 1.165) is 25.6 Å². The summed E-state index contributed by atoms with van der Waals surface area (Å²) >= 11 is 1.96. The number of thiophene rings is 1. The Morgan fingerprint density at radius 1 is 1.30 bits per heavy atom. The van der Waals surface area contributed by atoms with Gasteiger partial charge in [-0.15, -0.1) is 11.3 Å². The van der Waals surface area contributed by atoms with Gasteiger partial charge < -0.3 is 10.2 Å². The van der Waals surface area contributed by atoms with E-state index in [0.29, 0.717) is 6.04 Å². The molecule has 1 aliphatic heterocycles. The van der Waals surface area contributed by atoms with Crippen LogP contribution < -0.4 is 5.32 Å².